The molecular weight excluding hydrogens is 298 g/mol. The van der Waals surface area contributed by atoms with E-state index in [1.54, 1.807) is 18.3 Å². The van der Waals surface area contributed by atoms with Crippen LogP contribution in [0.15, 0.2) is 30.5 Å². The number of rotatable bonds is 3. The zero-order valence-corrected chi connectivity index (χ0v) is 13.1. The Labute approximate surface area is 133 Å². The number of nitro groups is 1. The van der Waals surface area contributed by atoms with Gasteiger partial charge in [0.2, 0.25) is 5.91 Å². The zero-order chi connectivity index (χ0) is 16.6. The molecule has 2 aromatic rings. The summed E-state index contributed by atoms with van der Waals surface area (Å²) in [6.07, 6.45) is 1.86. The molecule has 1 fully saturated rings. The molecule has 0 N–H and O–H groups in total. The molecule has 0 saturated carbocycles. The van der Waals surface area contributed by atoms with Gasteiger partial charge in [-0.1, -0.05) is 0 Å². The molecule has 0 radical (unpaired) electrons. The van der Waals surface area contributed by atoms with Crippen molar-refractivity contribution in [2.45, 2.75) is 32.6 Å². The van der Waals surface area contributed by atoms with E-state index >= 15 is 0 Å². The van der Waals surface area contributed by atoms with Crippen LogP contribution in [-0.4, -0.2) is 45.6 Å². The molecule has 2 heterocycles. The first-order valence-corrected chi connectivity index (χ1v) is 7.60. The van der Waals surface area contributed by atoms with Gasteiger partial charge >= 0.3 is 0 Å². The molecule has 0 spiro atoms. The maximum Gasteiger partial charge on any atom is 0.270 e. The van der Waals surface area contributed by atoms with Gasteiger partial charge in [0.05, 0.1) is 17.1 Å². The van der Waals surface area contributed by atoms with Gasteiger partial charge in [-0.25, -0.2) is 0 Å². The fourth-order valence-electron chi connectivity index (χ4n) is 3.07. The fraction of sp³-hybridized carbons (Fsp3) is 0.438. The van der Waals surface area contributed by atoms with E-state index in [1.165, 1.54) is 12.1 Å². The van der Waals surface area contributed by atoms with Crippen LogP contribution in [0.1, 0.15) is 13.8 Å². The highest BCUT2D eigenvalue weighted by Crippen LogP contribution is 2.22. The standard InChI is InChI=1S/C16H19N3O4/c1-11-8-18(9-12(2)23-11)16(20)10-17-6-5-13-7-14(19(21)22)3-4-15(13)17/h3-7,11-12H,8-10H2,1-2H3/t11-,12-/m0/s1. The molecule has 1 saturated heterocycles. The minimum atomic E-state index is -0.418. The Morgan fingerprint density at radius 2 is 2.00 bits per heavy atom. The molecule has 1 aliphatic rings. The van der Waals surface area contributed by atoms with Gasteiger partial charge in [-0.3, -0.25) is 14.9 Å². The number of hydrogen-bond donors (Lipinski definition) is 0. The number of carbonyl (C=O) groups is 1. The van der Waals surface area contributed by atoms with E-state index in [9.17, 15) is 14.9 Å². The summed E-state index contributed by atoms with van der Waals surface area (Å²) in [4.78, 5) is 24.7. The van der Waals surface area contributed by atoms with Gasteiger partial charge in [-0.15, -0.1) is 0 Å². The van der Waals surface area contributed by atoms with Crippen LogP contribution in [-0.2, 0) is 16.1 Å². The predicted octanol–water partition coefficient (Wildman–Crippen LogP) is 2.19. The van der Waals surface area contributed by atoms with Crippen LogP contribution in [0, 0.1) is 10.1 Å². The molecule has 3 rings (SSSR count). The van der Waals surface area contributed by atoms with E-state index in [0.29, 0.717) is 13.1 Å². The average Bonchev–Trinajstić information content (AvgIpc) is 2.88. The largest absolute Gasteiger partial charge is 0.372 e. The highest BCUT2D eigenvalue weighted by atomic mass is 16.6. The Balaban J connectivity index is 1.78. The lowest BCUT2D eigenvalue weighted by Gasteiger charge is -2.35. The summed E-state index contributed by atoms with van der Waals surface area (Å²) in [7, 11) is 0. The smallest absolute Gasteiger partial charge is 0.270 e. The first kappa shape index (κ1) is 15.5. The summed E-state index contributed by atoms with van der Waals surface area (Å²) in [5.41, 5.74) is 0.871. The lowest BCUT2D eigenvalue weighted by Crippen LogP contribution is -2.49. The Hall–Kier alpha value is -2.41. The lowest BCUT2D eigenvalue weighted by molar-refractivity contribution is -0.384. The number of carbonyl (C=O) groups excluding carboxylic acids is 1. The van der Waals surface area contributed by atoms with Gasteiger partial charge in [-0.2, -0.15) is 0 Å². The summed E-state index contributed by atoms with van der Waals surface area (Å²) in [6, 6.07) is 6.46. The summed E-state index contributed by atoms with van der Waals surface area (Å²) in [5, 5.41) is 11.6. The number of aromatic nitrogens is 1. The number of morpholine rings is 1. The van der Waals surface area contributed by atoms with Crippen molar-refractivity contribution in [2.24, 2.45) is 0 Å². The average molecular weight is 317 g/mol. The van der Waals surface area contributed by atoms with Crippen molar-refractivity contribution in [2.75, 3.05) is 13.1 Å². The summed E-state index contributed by atoms with van der Waals surface area (Å²) < 4.78 is 7.47. The van der Waals surface area contributed by atoms with Crippen LogP contribution in [0.3, 0.4) is 0 Å². The number of benzene rings is 1. The van der Waals surface area contributed by atoms with Crippen LogP contribution in [0.4, 0.5) is 5.69 Å². The van der Waals surface area contributed by atoms with E-state index in [1.807, 2.05) is 23.3 Å². The number of nitro benzene ring substituents is 1. The molecule has 122 valence electrons. The third kappa shape index (κ3) is 3.19. The van der Waals surface area contributed by atoms with Gasteiger partial charge in [0.1, 0.15) is 6.54 Å². The van der Waals surface area contributed by atoms with Crippen molar-refractivity contribution >= 4 is 22.5 Å². The molecular formula is C16H19N3O4. The SMILES string of the molecule is C[C@H]1CN(C(=O)Cn2ccc3cc([N+](=O)[O-])ccc32)C[C@H](C)O1. The van der Waals surface area contributed by atoms with Gasteiger partial charge < -0.3 is 14.2 Å². The normalized spacial score (nSPS) is 21.6. The molecule has 7 nitrogen and oxygen atoms in total. The van der Waals surface area contributed by atoms with Crippen LogP contribution in [0.25, 0.3) is 10.9 Å². The first-order chi connectivity index (χ1) is 10.9. The molecule has 0 unspecified atom stereocenters. The molecule has 0 aliphatic carbocycles. The number of non-ortho nitro benzene ring substituents is 1. The lowest BCUT2D eigenvalue weighted by atomic mass is 10.2. The third-order valence-electron chi connectivity index (χ3n) is 4.04. The second-order valence-electron chi connectivity index (χ2n) is 6.00. The molecule has 7 heteroatoms. The van der Waals surface area contributed by atoms with Crippen molar-refractivity contribution in [1.29, 1.82) is 0 Å². The van der Waals surface area contributed by atoms with Crippen LogP contribution >= 0.6 is 0 Å². The molecule has 1 amide bonds. The van der Waals surface area contributed by atoms with Gasteiger partial charge in [0, 0.05) is 42.3 Å². The number of amides is 1. The quantitative estimate of drug-likeness (QED) is 0.642. The predicted molar refractivity (Wildman–Crippen MR) is 85.2 cm³/mol. The Bertz CT molecular complexity index is 745. The molecule has 23 heavy (non-hydrogen) atoms. The van der Waals surface area contributed by atoms with Crippen LogP contribution in [0.2, 0.25) is 0 Å². The second-order valence-corrected chi connectivity index (χ2v) is 6.00. The topological polar surface area (TPSA) is 77.6 Å². The van der Waals surface area contributed by atoms with Crippen molar-refractivity contribution in [3.8, 4) is 0 Å². The first-order valence-electron chi connectivity index (χ1n) is 7.60. The Morgan fingerprint density at radius 3 is 2.65 bits per heavy atom. The summed E-state index contributed by atoms with van der Waals surface area (Å²) in [6.45, 7) is 5.32. The number of ether oxygens (including phenoxy) is 1. The maximum absolute atomic E-state index is 12.5. The number of nitrogens with zero attached hydrogens (tertiary/aromatic N) is 3. The van der Waals surface area contributed by atoms with Gasteiger partial charge in [0.15, 0.2) is 0 Å². The van der Waals surface area contributed by atoms with Crippen molar-refractivity contribution in [3.63, 3.8) is 0 Å². The van der Waals surface area contributed by atoms with E-state index in [4.69, 9.17) is 4.74 Å². The molecule has 1 aliphatic heterocycles. The second kappa shape index (κ2) is 6.00. The highest BCUT2D eigenvalue weighted by molar-refractivity contribution is 5.85. The van der Waals surface area contributed by atoms with Crippen molar-refractivity contribution < 1.29 is 14.5 Å². The number of hydrogen-bond acceptors (Lipinski definition) is 4. The number of fused-ring (bicyclic) bond motifs is 1. The molecule has 0 bridgehead atoms. The Morgan fingerprint density at radius 1 is 1.30 bits per heavy atom. The van der Waals surface area contributed by atoms with E-state index in [-0.39, 0.29) is 30.3 Å². The van der Waals surface area contributed by atoms with E-state index in [0.717, 1.165) is 10.9 Å². The fourth-order valence-corrected chi connectivity index (χ4v) is 3.07. The molecule has 2 atom stereocenters. The minimum Gasteiger partial charge on any atom is -0.372 e. The highest BCUT2D eigenvalue weighted by Gasteiger charge is 2.26. The zero-order valence-electron chi connectivity index (χ0n) is 13.1. The van der Waals surface area contributed by atoms with Crippen LogP contribution in [0.5, 0.6) is 0 Å². The monoisotopic (exact) mass is 317 g/mol. The molecule has 1 aromatic heterocycles. The van der Waals surface area contributed by atoms with Gasteiger partial charge in [0.25, 0.3) is 5.69 Å². The minimum absolute atomic E-state index is 0.0304. The third-order valence-corrected chi connectivity index (χ3v) is 4.04. The van der Waals surface area contributed by atoms with Crippen molar-refractivity contribution in [1.82, 2.24) is 9.47 Å². The van der Waals surface area contributed by atoms with E-state index in [2.05, 4.69) is 0 Å². The van der Waals surface area contributed by atoms with Crippen molar-refractivity contribution in [3.05, 3.63) is 40.6 Å². The van der Waals surface area contributed by atoms with E-state index < -0.39 is 4.92 Å². The molecule has 1 aromatic carbocycles. The Kier molecular flexibility index (Phi) is 4.04. The van der Waals surface area contributed by atoms with Gasteiger partial charge in [-0.05, 0) is 26.0 Å². The maximum atomic E-state index is 12.5. The van der Waals surface area contributed by atoms with Crippen LogP contribution < -0.4 is 0 Å². The summed E-state index contributed by atoms with van der Waals surface area (Å²) in [5.74, 6) is 0.0304. The summed E-state index contributed by atoms with van der Waals surface area (Å²) >= 11 is 0.